The summed E-state index contributed by atoms with van der Waals surface area (Å²) < 4.78 is 8.37. The van der Waals surface area contributed by atoms with Crippen LogP contribution >= 0.6 is 15.9 Å². The van der Waals surface area contributed by atoms with Gasteiger partial charge in [0.05, 0.1) is 6.10 Å². The summed E-state index contributed by atoms with van der Waals surface area (Å²) in [6.45, 7) is 1.54. The number of aromatic nitrogens is 1. The Morgan fingerprint density at radius 1 is 1.61 bits per heavy atom. The van der Waals surface area contributed by atoms with Crippen LogP contribution in [0.1, 0.15) is 36.2 Å². The smallest absolute Gasteiger partial charge is 0.267 e. The molecule has 100 valence electrons. The molecule has 1 unspecified atom stereocenters. The molecular weight excluding hydrogens is 296 g/mol. The molecule has 18 heavy (non-hydrogen) atoms. The Bertz CT molecular complexity index is 411. The molecule has 0 aliphatic carbocycles. The predicted octanol–water partition coefficient (Wildman–Crippen LogP) is 2.48. The third-order valence-corrected chi connectivity index (χ3v) is 3.66. The molecule has 1 fully saturated rings. The van der Waals surface area contributed by atoms with Crippen LogP contribution in [0.25, 0.3) is 0 Å². The van der Waals surface area contributed by atoms with Crippen LogP contribution in [0.2, 0.25) is 0 Å². The van der Waals surface area contributed by atoms with Gasteiger partial charge in [-0.1, -0.05) is 0 Å². The summed E-state index contributed by atoms with van der Waals surface area (Å²) in [5.41, 5.74) is 0.673. The molecule has 2 rings (SSSR count). The molecule has 1 aromatic rings. The number of amides is 1. The molecule has 1 aromatic heterocycles. The van der Waals surface area contributed by atoms with E-state index in [9.17, 15) is 4.79 Å². The van der Waals surface area contributed by atoms with Crippen molar-refractivity contribution < 1.29 is 9.53 Å². The highest BCUT2D eigenvalue weighted by Gasteiger charge is 2.15. The Morgan fingerprint density at radius 2 is 2.44 bits per heavy atom. The lowest BCUT2D eigenvalue weighted by Crippen LogP contribution is -2.30. The Hall–Kier alpha value is -0.810. The van der Waals surface area contributed by atoms with E-state index in [2.05, 4.69) is 21.2 Å². The third-order valence-electron chi connectivity index (χ3n) is 3.23. The molecule has 0 aromatic carbocycles. The van der Waals surface area contributed by atoms with E-state index < -0.39 is 0 Å². The predicted molar refractivity (Wildman–Crippen MR) is 73.7 cm³/mol. The van der Waals surface area contributed by atoms with Crippen molar-refractivity contribution in [1.29, 1.82) is 0 Å². The van der Waals surface area contributed by atoms with Crippen LogP contribution in [0.3, 0.4) is 0 Å². The number of rotatable bonds is 4. The first kappa shape index (κ1) is 13.6. The molecule has 1 amide bonds. The standard InChI is InChI=1S/C13H19BrN2O2/c1-16-9-10(14)8-12(16)13(17)15-6-5-11-4-2-3-7-18-11/h8-9,11H,2-7H2,1H3,(H,15,17). The number of ether oxygens (including phenoxy) is 1. The van der Waals surface area contributed by atoms with Crippen LogP contribution in [0.15, 0.2) is 16.7 Å². The maximum absolute atomic E-state index is 11.9. The van der Waals surface area contributed by atoms with E-state index in [0.717, 1.165) is 23.9 Å². The monoisotopic (exact) mass is 314 g/mol. The van der Waals surface area contributed by atoms with Gasteiger partial charge >= 0.3 is 0 Å². The van der Waals surface area contributed by atoms with Gasteiger partial charge in [0.2, 0.25) is 0 Å². The first-order valence-corrected chi connectivity index (χ1v) is 7.18. The normalized spacial score (nSPS) is 19.8. The highest BCUT2D eigenvalue weighted by molar-refractivity contribution is 9.10. The Balaban J connectivity index is 1.76. The summed E-state index contributed by atoms with van der Waals surface area (Å²) in [5, 5.41) is 2.94. The van der Waals surface area contributed by atoms with E-state index in [0.29, 0.717) is 18.3 Å². The van der Waals surface area contributed by atoms with Gasteiger partial charge in [-0.25, -0.2) is 0 Å². The van der Waals surface area contributed by atoms with E-state index in [1.807, 2.05) is 23.9 Å². The number of nitrogens with one attached hydrogen (secondary N) is 1. The van der Waals surface area contributed by atoms with Crippen molar-refractivity contribution in [3.63, 3.8) is 0 Å². The van der Waals surface area contributed by atoms with Gasteiger partial charge in [-0.15, -0.1) is 0 Å². The van der Waals surface area contributed by atoms with E-state index in [1.54, 1.807) is 0 Å². The van der Waals surface area contributed by atoms with E-state index in [-0.39, 0.29) is 5.91 Å². The van der Waals surface area contributed by atoms with Crippen LogP contribution in [-0.2, 0) is 11.8 Å². The van der Waals surface area contributed by atoms with Gasteiger partial charge in [-0.2, -0.15) is 0 Å². The minimum Gasteiger partial charge on any atom is -0.378 e. The highest BCUT2D eigenvalue weighted by atomic mass is 79.9. The minimum atomic E-state index is -0.0287. The molecule has 2 heterocycles. The Labute approximate surface area is 116 Å². The first-order valence-electron chi connectivity index (χ1n) is 6.38. The highest BCUT2D eigenvalue weighted by Crippen LogP contribution is 2.15. The second-order valence-electron chi connectivity index (χ2n) is 4.69. The van der Waals surface area contributed by atoms with Crippen LogP contribution in [-0.4, -0.2) is 29.7 Å². The fraction of sp³-hybridized carbons (Fsp3) is 0.615. The Morgan fingerprint density at radius 3 is 3.06 bits per heavy atom. The van der Waals surface area contributed by atoms with Crippen molar-refractivity contribution in [2.24, 2.45) is 7.05 Å². The molecule has 1 N–H and O–H groups in total. The van der Waals surface area contributed by atoms with Gasteiger partial charge in [0, 0.05) is 30.9 Å². The van der Waals surface area contributed by atoms with Gasteiger partial charge in [0.15, 0.2) is 0 Å². The summed E-state index contributed by atoms with van der Waals surface area (Å²) in [7, 11) is 1.86. The van der Waals surface area contributed by atoms with E-state index in [1.165, 1.54) is 12.8 Å². The van der Waals surface area contributed by atoms with E-state index in [4.69, 9.17) is 4.74 Å². The number of carbonyl (C=O) groups excluding carboxylic acids is 1. The molecule has 1 saturated heterocycles. The van der Waals surface area contributed by atoms with Crippen molar-refractivity contribution in [2.75, 3.05) is 13.2 Å². The van der Waals surface area contributed by atoms with Crippen molar-refractivity contribution >= 4 is 21.8 Å². The summed E-state index contributed by atoms with van der Waals surface area (Å²) in [6, 6.07) is 1.83. The average molecular weight is 315 g/mol. The topological polar surface area (TPSA) is 43.3 Å². The third kappa shape index (κ3) is 3.59. The van der Waals surface area contributed by atoms with Crippen LogP contribution in [0, 0.1) is 0 Å². The number of halogens is 1. The number of aryl methyl sites for hydroxylation is 1. The zero-order chi connectivity index (χ0) is 13.0. The second-order valence-corrected chi connectivity index (χ2v) is 5.60. The molecule has 0 saturated carbocycles. The van der Waals surface area contributed by atoms with Crippen LogP contribution in [0.5, 0.6) is 0 Å². The molecule has 0 radical (unpaired) electrons. The molecular formula is C13H19BrN2O2. The minimum absolute atomic E-state index is 0.0287. The molecule has 0 spiro atoms. The van der Waals surface area contributed by atoms with E-state index >= 15 is 0 Å². The Kier molecular flexibility index (Phi) is 4.83. The van der Waals surface area contributed by atoms with Crippen molar-refractivity contribution in [1.82, 2.24) is 9.88 Å². The number of carbonyl (C=O) groups is 1. The molecule has 4 nitrogen and oxygen atoms in total. The largest absolute Gasteiger partial charge is 0.378 e. The SMILES string of the molecule is Cn1cc(Br)cc1C(=O)NCCC1CCCCO1. The molecule has 5 heteroatoms. The summed E-state index contributed by atoms with van der Waals surface area (Å²) in [5.74, 6) is -0.0287. The average Bonchev–Trinajstić information content (AvgIpc) is 2.70. The fourth-order valence-corrected chi connectivity index (χ4v) is 2.75. The number of nitrogens with zero attached hydrogens (tertiary/aromatic N) is 1. The number of hydrogen-bond donors (Lipinski definition) is 1. The van der Waals surface area contributed by atoms with Gasteiger partial charge in [-0.3, -0.25) is 4.79 Å². The maximum Gasteiger partial charge on any atom is 0.267 e. The number of hydrogen-bond acceptors (Lipinski definition) is 2. The second kappa shape index (κ2) is 6.38. The lowest BCUT2D eigenvalue weighted by Gasteiger charge is -2.22. The first-order chi connectivity index (χ1) is 8.66. The van der Waals surface area contributed by atoms with Crippen molar-refractivity contribution in [3.8, 4) is 0 Å². The lowest BCUT2D eigenvalue weighted by molar-refractivity contribution is 0.0117. The van der Waals surface area contributed by atoms with Gasteiger partial charge in [0.25, 0.3) is 5.91 Å². The fourth-order valence-electron chi connectivity index (χ4n) is 2.22. The van der Waals surface area contributed by atoms with Gasteiger partial charge in [-0.05, 0) is 47.7 Å². The summed E-state index contributed by atoms with van der Waals surface area (Å²) in [4.78, 5) is 11.9. The molecule has 1 aliphatic heterocycles. The zero-order valence-corrected chi connectivity index (χ0v) is 12.2. The quantitative estimate of drug-likeness (QED) is 0.927. The molecule has 1 atom stereocenters. The van der Waals surface area contributed by atoms with Crippen molar-refractivity contribution in [2.45, 2.75) is 31.8 Å². The van der Waals surface area contributed by atoms with Gasteiger partial charge in [0.1, 0.15) is 5.69 Å². The maximum atomic E-state index is 11.9. The van der Waals surface area contributed by atoms with Crippen molar-refractivity contribution in [3.05, 3.63) is 22.4 Å². The van der Waals surface area contributed by atoms with Crippen LogP contribution < -0.4 is 5.32 Å². The lowest BCUT2D eigenvalue weighted by atomic mass is 10.1. The molecule has 1 aliphatic rings. The molecule has 0 bridgehead atoms. The van der Waals surface area contributed by atoms with Crippen LogP contribution in [0.4, 0.5) is 0 Å². The zero-order valence-electron chi connectivity index (χ0n) is 10.6. The summed E-state index contributed by atoms with van der Waals surface area (Å²) >= 11 is 3.36. The van der Waals surface area contributed by atoms with Gasteiger partial charge < -0.3 is 14.6 Å². The summed E-state index contributed by atoms with van der Waals surface area (Å²) in [6.07, 6.45) is 6.62.